The van der Waals surface area contributed by atoms with Crippen LogP contribution >= 0.6 is 0 Å². The van der Waals surface area contributed by atoms with Crippen molar-refractivity contribution >= 4 is 0 Å². The minimum Gasteiger partial charge on any atom is -0.441 e. The van der Waals surface area contributed by atoms with Crippen molar-refractivity contribution in [2.45, 2.75) is 25.4 Å². The van der Waals surface area contributed by atoms with Gasteiger partial charge >= 0.3 is 0 Å². The van der Waals surface area contributed by atoms with Crippen LogP contribution < -0.4 is 0 Å². The van der Waals surface area contributed by atoms with Crippen LogP contribution in [0.1, 0.15) is 17.9 Å². The molecule has 1 aliphatic carbocycles. The number of hydrogen-bond acceptors (Lipinski definition) is 3. The van der Waals surface area contributed by atoms with E-state index >= 15 is 0 Å². The minimum atomic E-state index is -0.337. The predicted octanol–water partition coefficient (Wildman–Crippen LogP) is 2.33. The molecule has 1 N–H and O–H groups in total. The standard InChI is InChI=1S/C13H12FNO2/c14-9-3-1-8(2-4-9)13-15-11-6-5-10(16)7-12(11)17-13/h1-4,10,16H,5-7H2. The Morgan fingerprint density at radius 1 is 1.29 bits per heavy atom. The highest BCUT2D eigenvalue weighted by molar-refractivity contribution is 5.53. The number of fused-ring (bicyclic) bond motifs is 1. The van der Waals surface area contributed by atoms with E-state index in [1.807, 2.05) is 0 Å². The molecule has 0 aliphatic heterocycles. The van der Waals surface area contributed by atoms with E-state index in [1.54, 1.807) is 12.1 Å². The lowest BCUT2D eigenvalue weighted by molar-refractivity contribution is 0.150. The molecule has 17 heavy (non-hydrogen) atoms. The van der Waals surface area contributed by atoms with Crippen molar-refractivity contribution in [3.63, 3.8) is 0 Å². The summed E-state index contributed by atoms with van der Waals surface area (Å²) in [4.78, 5) is 4.38. The smallest absolute Gasteiger partial charge is 0.226 e. The Morgan fingerprint density at radius 3 is 2.82 bits per heavy atom. The van der Waals surface area contributed by atoms with Gasteiger partial charge in [0.15, 0.2) is 0 Å². The molecule has 88 valence electrons. The van der Waals surface area contributed by atoms with Gasteiger partial charge in [0.2, 0.25) is 5.89 Å². The lowest BCUT2D eigenvalue weighted by Crippen LogP contribution is -2.17. The molecule has 0 saturated heterocycles. The van der Waals surface area contributed by atoms with Gasteiger partial charge in [-0.2, -0.15) is 0 Å². The first-order chi connectivity index (χ1) is 8.22. The third-order valence-corrected chi connectivity index (χ3v) is 3.00. The highest BCUT2D eigenvalue weighted by Crippen LogP contribution is 2.27. The van der Waals surface area contributed by atoms with Gasteiger partial charge in [-0.05, 0) is 37.1 Å². The van der Waals surface area contributed by atoms with Gasteiger partial charge in [-0.1, -0.05) is 0 Å². The number of aliphatic hydroxyl groups is 1. The van der Waals surface area contributed by atoms with E-state index in [1.165, 1.54) is 12.1 Å². The quantitative estimate of drug-likeness (QED) is 0.822. The summed E-state index contributed by atoms with van der Waals surface area (Å²) in [5.74, 6) is 0.979. The van der Waals surface area contributed by atoms with Crippen LogP contribution in [0.25, 0.3) is 11.5 Å². The van der Waals surface area contributed by atoms with E-state index in [0.717, 1.165) is 29.9 Å². The van der Waals surface area contributed by atoms with Gasteiger partial charge in [0.05, 0.1) is 11.8 Å². The highest BCUT2D eigenvalue weighted by Gasteiger charge is 2.22. The molecule has 1 unspecified atom stereocenters. The molecule has 1 aromatic heterocycles. The number of hydrogen-bond donors (Lipinski definition) is 1. The van der Waals surface area contributed by atoms with E-state index in [9.17, 15) is 9.50 Å². The maximum atomic E-state index is 12.8. The van der Waals surface area contributed by atoms with Crippen molar-refractivity contribution in [2.75, 3.05) is 0 Å². The third kappa shape index (κ3) is 1.96. The van der Waals surface area contributed by atoms with E-state index in [2.05, 4.69) is 4.98 Å². The molecule has 3 nitrogen and oxygen atoms in total. The zero-order valence-electron chi connectivity index (χ0n) is 9.19. The molecule has 0 fully saturated rings. The van der Waals surface area contributed by atoms with Gasteiger partial charge in [-0.15, -0.1) is 0 Å². The van der Waals surface area contributed by atoms with Crippen LogP contribution in [0.2, 0.25) is 0 Å². The van der Waals surface area contributed by atoms with Crippen LogP contribution in [0.4, 0.5) is 4.39 Å². The normalized spacial score (nSPS) is 19.1. The topological polar surface area (TPSA) is 46.3 Å². The molecule has 1 atom stereocenters. The Bertz CT molecular complexity index is 533. The lowest BCUT2D eigenvalue weighted by atomic mass is 9.99. The number of aromatic nitrogens is 1. The zero-order valence-corrected chi connectivity index (χ0v) is 9.19. The molecule has 0 spiro atoms. The maximum Gasteiger partial charge on any atom is 0.226 e. The van der Waals surface area contributed by atoms with Gasteiger partial charge in [0.25, 0.3) is 0 Å². The van der Waals surface area contributed by atoms with Crippen LogP contribution in [0, 0.1) is 5.82 Å². The lowest BCUT2D eigenvalue weighted by Gasteiger charge is -2.13. The van der Waals surface area contributed by atoms with Gasteiger partial charge in [-0.25, -0.2) is 9.37 Å². The first kappa shape index (κ1) is 10.5. The average Bonchev–Trinajstić information content (AvgIpc) is 2.72. The van der Waals surface area contributed by atoms with Gasteiger partial charge < -0.3 is 9.52 Å². The van der Waals surface area contributed by atoms with Gasteiger partial charge in [0, 0.05) is 12.0 Å². The predicted molar refractivity (Wildman–Crippen MR) is 59.9 cm³/mol. The first-order valence-corrected chi connectivity index (χ1v) is 5.65. The number of oxazole rings is 1. The number of benzene rings is 1. The summed E-state index contributed by atoms with van der Waals surface area (Å²) in [6.07, 6.45) is 1.64. The van der Waals surface area contributed by atoms with Crippen molar-refractivity contribution < 1.29 is 13.9 Å². The summed E-state index contributed by atoms with van der Waals surface area (Å²) in [7, 11) is 0. The molecular weight excluding hydrogens is 221 g/mol. The Hall–Kier alpha value is -1.68. The Morgan fingerprint density at radius 2 is 2.06 bits per heavy atom. The largest absolute Gasteiger partial charge is 0.441 e. The van der Waals surface area contributed by atoms with Crippen molar-refractivity contribution in [3.05, 3.63) is 41.5 Å². The fourth-order valence-electron chi connectivity index (χ4n) is 2.07. The highest BCUT2D eigenvalue weighted by atomic mass is 19.1. The zero-order chi connectivity index (χ0) is 11.8. The number of halogens is 1. The Kier molecular flexibility index (Phi) is 2.44. The van der Waals surface area contributed by atoms with Crippen LogP contribution in [0.3, 0.4) is 0 Å². The third-order valence-electron chi connectivity index (χ3n) is 3.00. The second-order valence-electron chi connectivity index (χ2n) is 4.29. The van der Waals surface area contributed by atoms with Crippen molar-refractivity contribution in [3.8, 4) is 11.5 Å². The van der Waals surface area contributed by atoms with E-state index in [0.29, 0.717) is 12.3 Å². The summed E-state index contributed by atoms with van der Waals surface area (Å²) >= 11 is 0. The van der Waals surface area contributed by atoms with Crippen molar-refractivity contribution in [2.24, 2.45) is 0 Å². The van der Waals surface area contributed by atoms with E-state index in [-0.39, 0.29) is 11.9 Å². The fraction of sp³-hybridized carbons (Fsp3) is 0.308. The second-order valence-corrected chi connectivity index (χ2v) is 4.29. The number of nitrogens with zero attached hydrogens (tertiary/aromatic N) is 1. The second kappa shape index (κ2) is 3.96. The number of rotatable bonds is 1. The fourth-order valence-corrected chi connectivity index (χ4v) is 2.07. The van der Waals surface area contributed by atoms with Gasteiger partial charge in [-0.3, -0.25) is 0 Å². The monoisotopic (exact) mass is 233 g/mol. The maximum absolute atomic E-state index is 12.8. The molecule has 4 heteroatoms. The number of aliphatic hydroxyl groups excluding tert-OH is 1. The molecule has 0 bridgehead atoms. The van der Waals surface area contributed by atoms with Crippen LogP contribution in [0.5, 0.6) is 0 Å². The molecule has 0 saturated carbocycles. The molecular formula is C13H12FNO2. The molecule has 0 amide bonds. The van der Waals surface area contributed by atoms with Crippen molar-refractivity contribution in [1.29, 1.82) is 0 Å². The van der Waals surface area contributed by atoms with E-state index in [4.69, 9.17) is 4.42 Å². The average molecular weight is 233 g/mol. The van der Waals surface area contributed by atoms with Gasteiger partial charge in [0.1, 0.15) is 11.6 Å². The summed E-state index contributed by atoms with van der Waals surface area (Å²) in [5.41, 5.74) is 1.67. The molecule has 3 rings (SSSR count). The van der Waals surface area contributed by atoms with Crippen LogP contribution in [-0.4, -0.2) is 16.2 Å². The Balaban J connectivity index is 1.97. The van der Waals surface area contributed by atoms with Crippen molar-refractivity contribution in [1.82, 2.24) is 4.98 Å². The summed E-state index contributed by atoms with van der Waals surface area (Å²) in [6.45, 7) is 0. The Labute approximate surface area is 97.9 Å². The van der Waals surface area contributed by atoms with Crippen LogP contribution in [0.15, 0.2) is 28.7 Å². The molecule has 1 aromatic carbocycles. The first-order valence-electron chi connectivity index (χ1n) is 5.65. The summed E-state index contributed by atoms with van der Waals surface area (Å²) in [6, 6.07) is 6.05. The SMILES string of the molecule is OC1CCc2nc(-c3ccc(F)cc3)oc2C1. The molecule has 0 radical (unpaired) electrons. The van der Waals surface area contributed by atoms with Crippen LogP contribution in [-0.2, 0) is 12.8 Å². The summed E-state index contributed by atoms with van der Waals surface area (Å²) < 4.78 is 18.4. The molecule has 1 aliphatic rings. The summed E-state index contributed by atoms with van der Waals surface area (Å²) in [5, 5.41) is 9.53. The molecule has 2 aromatic rings. The van der Waals surface area contributed by atoms with E-state index < -0.39 is 0 Å². The molecule has 1 heterocycles. The number of aryl methyl sites for hydroxylation is 1. The minimum absolute atomic E-state index is 0.277.